The quantitative estimate of drug-likeness (QED) is 0.328. The Morgan fingerprint density at radius 3 is 2.77 bits per heavy atom. The van der Waals surface area contributed by atoms with Crippen LogP contribution in [0.5, 0.6) is 0 Å². The summed E-state index contributed by atoms with van der Waals surface area (Å²) in [5.74, 6) is -0.0127. The average molecular weight is 417 g/mol. The van der Waals surface area contributed by atoms with Crippen LogP contribution in [0.1, 0.15) is 70.8 Å². The van der Waals surface area contributed by atoms with Gasteiger partial charge in [-0.1, -0.05) is 37.3 Å². The molecule has 1 saturated heterocycles. The lowest BCUT2D eigenvalue weighted by Gasteiger charge is -2.51. The van der Waals surface area contributed by atoms with Crippen LogP contribution in [0.4, 0.5) is 4.39 Å². The number of esters is 1. The zero-order valence-corrected chi connectivity index (χ0v) is 18.5. The van der Waals surface area contributed by atoms with Gasteiger partial charge < -0.3 is 15.5 Å². The normalized spacial score (nSPS) is 31.0. The molecule has 1 aromatic carbocycles. The molecule has 4 nitrogen and oxygen atoms in total. The second-order valence-corrected chi connectivity index (χ2v) is 9.77. The molecule has 3 rings (SSSR count). The van der Waals surface area contributed by atoms with Crippen molar-refractivity contribution in [2.45, 2.75) is 83.3 Å². The molecular weight excluding hydrogens is 379 g/mol. The second-order valence-electron chi connectivity index (χ2n) is 9.77. The summed E-state index contributed by atoms with van der Waals surface area (Å²) in [7, 11) is 0. The van der Waals surface area contributed by atoms with Crippen LogP contribution in [-0.4, -0.2) is 36.5 Å². The van der Waals surface area contributed by atoms with Crippen molar-refractivity contribution in [3.05, 3.63) is 35.9 Å². The van der Waals surface area contributed by atoms with Crippen molar-refractivity contribution in [2.24, 2.45) is 11.3 Å². The monoisotopic (exact) mass is 416 g/mol. The first-order chi connectivity index (χ1) is 14.3. The minimum absolute atomic E-state index is 0.0434. The molecule has 1 aromatic rings. The minimum Gasteiger partial charge on any atom is -0.465 e. The lowest BCUT2D eigenvalue weighted by Crippen LogP contribution is -2.57. The standard InChI is InChI=1S/C25H37FN2O2/c1-19(27)11-12-25(26)14-13-24(2)18-28-22(16-21(24)17-25)23(29)30-15-7-6-10-20-8-4-3-5-9-20/h3-5,8-9,21-22,27-28H,6-7,10-18H2,1-2H3/t21?,22?,24?,25-/m1/s1. The van der Waals surface area contributed by atoms with Gasteiger partial charge in [-0.15, -0.1) is 0 Å². The van der Waals surface area contributed by atoms with Gasteiger partial charge in [-0.25, -0.2) is 4.39 Å². The number of benzene rings is 1. The highest BCUT2D eigenvalue weighted by Gasteiger charge is 2.50. The molecule has 0 radical (unpaired) electrons. The Hall–Kier alpha value is -1.75. The first-order valence-electron chi connectivity index (χ1n) is 11.5. The number of unbranched alkanes of at least 4 members (excludes halogenated alkanes) is 1. The topological polar surface area (TPSA) is 62.2 Å². The Bertz CT molecular complexity index is 725. The molecule has 0 aromatic heterocycles. The number of carbonyl (C=O) groups excluding carboxylic acids is 1. The fourth-order valence-electron chi connectivity index (χ4n) is 5.00. The van der Waals surface area contributed by atoms with Gasteiger partial charge in [-0.05, 0) is 81.6 Å². The van der Waals surface area contributed by atoms with E-state index in [4.69, 9.17) is 10.1 Å². The zero-order valence-electron chi connectivity index (χ0n) is 18.5. The van der Waals surface area contributed by atoms with Crippen molar-refractivity contribution in [1.82, 2.24) is 5.32 Å². The number of halogens is 1. The van der Waals surface area contributed by atoms with Crippen LogP contribution in [0, 0.1) is 16.7 Å². The summed E-state index contributed by atoms with van der Waals surface area (Å²) in [6, 6.07) is 10.0. The average Bonchev–Trinajstić information content (AvgIpc) is 2.73. The van der Waals surface area contributed by atoms with E-state index in [0.717, 1.165) is 32.2 Å². The fourth-order valence-corrected chi connectivity index (χ4v) is 5.00. The van der Waals surface area contributed by atoms with E-state index in [1.54, 1.807) is 6.92 Å². The summed E-state index contributed by atoms with van der Waals surface area (Å²) in [4.78, 5) is 12.6. The number of hydrogen-bond donors (Lipinski definition) is 2. The van der Waals surface area contributed by atoms with Gasteiger partial charge in [0.15, 0.2) is 0 Å². The third-order valence-electron chi connectivity index (χ3n) is 7.19. The van der Waals surface area contributed by atoms with Gasteiger partial charge in [-0.2, -0.15) is 0 Å². The van der Waals surface area contributed by atoms with Crippen molar-refractivity contribution >= 4 is 11.7 Å². The number of carbonyl (C=O) groups is 1. The molecule has 5 heteroatoms. The van der Waals surface area contributed by atoms with E-state index >= 15 is 4.39 Å². The molecule has 166 valence electrons. The summed E-state index contributed by atoms with van der Waals surface area (Å²) in [6.07, 6.45) is 6.33. The fraction of sp³-hybridized carbons (Fsp3) is 0.680. The van der Waals surface area contributed by atoms with Gasteiger partial charge in [0.05, 0.1) is 6.61 Å². The van der Waals surface area contributed by atoms with Crippen molar-refractivity contribution in [3.8, 4) is 0 Å². The maximum absolute atomic E-state index is 15.4. The maximum Gasteiger partial charge on any atom is 0.323 e. The van der Waals surface area contributed by atoms with Gasteiger partial charge >= 0.3 is 5.97 Å². The van der Waals surface area contributed by atoms with E-state index in [2.05, 4.69) is 24.4 Å². The van der Waals surface area contributed by atoms with Gasteiger partial charge in [-0.3, -0.25) is 4.79 Å². The molecule has 0 spiro atoms. The van der Waals surface area contributed by atoms with Crippen molar-refractivity contribution in [3.63, 3.8) is 0 Å². The largest absolute Gasteiger partial charge is 0.465 e. The third kappa shape index (κ3) is 6.13. The number of rotatable bonds is 9. The highest BCUT2D eigenvalue weighted by molar-refractivity contribution is 5.78. The summed E-state index contributed by atoms with van der Waals surface area (Å²) in [5, 5.41) is 11.0. The van der Waals surface area contributed by atoms with Crippen LogP contribution < -0.4 is 5.32 Å². The van der Waals surface area contributed by atoms with E-state index in [0.29, 0.717) is 44.4 Å². The Kier molecular flexibility index (Phi) is 7.67. The summed E-state index contributed by atoms with van der Waals surface area (Å²) >= 11 is 0. The highest BCUT2D eigenvalue weighted by Crippen LogP contribution is 2.51. The third-order valence-corrected chi connectivity index (χ3v) is 7.19. The Balaban J connectivity index is 1.43. The SMILES string of the molecule is CC(=N)CC[C@@]1(F)CCC2(C)CNC(C(=O)OCCCCc3ccccc3)CC2C1. The number of alkyl halides is 1. The molecule has 0 amide bonds. The molecule has 1 aliphatic heterocycles. The van der Waals surface area contributed by atoms with Gasteiger partial charge in [0, 0.05) is 12.3 Å². The van der Waals surface area contributed by atoms with Gasteiger partial charge in [0.1, 0.15) is 11.7 Å². The number of aryl methyl sites for hydroxylation is 1. The first-order valence-corrected chi connectivity index (χ1v) is 11.5. The van der Waals surface area contributed by atoms with Crippen LogP contribution >= 0.6 is 0 Å². The molecule has 1 heterocycles. The smallest absolute Gasteiger partial charge is 0.323 e. The second kappa shape index (κ2) is 10.0. The van der Waals surface area contributed by atoms with Crippen LogP contribution in [0.3, 0.4) is 0 Å². The van der Waals surface area contributed by atoms with E-state index in [1.165, 1.54) is 5.56 Å². The number of hydrogen-bond acceptors (Lipinski definition) is 4. The van der Waals surface area contributed by atoms with E-state index in [9.17, 15) is 4.79 Å². The van der Waals surface area contributed by atoms with Crippen molar-refractivity contribution < 1.29 is 13.9 Å². The predicted molar refractivity (Wildman–Crippen MR) is 119 cm³/mol. The minimum atomic E-state index is -1.20. The van der Waals surface area contributed by atoms with Crippen LogP contribution in [0.25, 0.3) is 0 Å². The lowest BCUT2D eigenvalue weighted by molar-refractivity contribution is -0.149. The lowest BCUT2D eigenvalue weighted by atomic mass is 9.59. The molecular formula is C25H37FN2O2. The maximum atomic E-state index is 15.4. The predicted octanol–water partition coefficient (Wildman–Crippen LogP) is 5.25. The van der Waals surface area contributed by atoms with Crippen molar-refractivity contribution in [2.75, 3.05) is 13.2 Å². The number of nitrogens with one attached hydrogen (secondary N) is 2. The molecule has 4 atom stereocenters. The van der Waals surface area contributed by atoms with E-state index in [1.807, 2.05) is 18.2 Å². The first kappa shape index (κ1) is 22.9. The van der Waals surface area contributed by atoms with Gasteiger partial charge in [0.25, 0.3) is 0 Å². The van der Waals surface area contributed by atoms with Crippen LogP contribution in [0.15, 0.2) is 30.3 Å². The summed E-state index contributed by atoms with van der Waals surface area (Å²) in [6.45, 7) is 5.15. The Morgan fingerprint density at radius 1 is 1.27 bits per heavy atom. The molecule has 1 aliphatic carbocycles. The van der Waals surface area contributed by atoms with Gasteiger partial charge in [0.2, 0.25) is 0 Å². The number of piperidine rings is 1. The molecule has 2 fully saturated rings. The molecule has 1 saturated carbocycles. The van der Waals surface area contributed by atoms with E-state index in [-0.39, 0.29) is 23.3 Å². The Morgan fingerprint density at radius 2 is 2.03 bits per heavy atom. The molecule has 2 N–H and O–H groups in total. The van der Waals surface area contributed by atoms with Crippen molar-refractivity contribution in [1.29, 1.82) is 5.41 Å². The number of ether oxygens (including phenoxy) is 1. The van der Waals surface area contributed by atoms with Crippen LogP contribution in [0.2, 0.25) is 0 Å². The summed E-state index contributed by atoms with van der Waals surface area (Å²) in [5.41, 5.74) is 0.694. The van der Waals surface area contributed by atoms with E-state index < -0.39 is 5.67 Å². The molecule has 2 aliphatic rings. The Labute approximate surface area is 180 Å². The zero-order chi connectivity index (χ0) is 21.6. The molecule has 3 unspecified atom stereocenters. The van der Waals surface area contributed by atoms with Crippen LogP contribution in [-0.2, 0) is 16.0 Å². The summed E-state index contributed by atoms with van der Waals surface area (Å²) < 4.78 is 20.9. The molecule has 0 bridgehead atoms. The molecule has 30 heavy (non-hydrogen) atoms. The number of fused-ring (bicyclic) bond motifs is 1. The highest BCUT2D eigenvalue weighted by atomic mass is 19.1.